The summed E-state index contributed by atoms with van der Waals surface area (Å²) in [6, 6.07) is 0. The van der Waals surface area contributed by atoms with Crippen LogP contribution in [0, 0.1) is 0 Å². The van der Waals surface area contributed by atoms with Gasteiger partial charge < -0.3 is 18.9 Å². The van der Waals surface area contributed by atoms with Crippen molar-refractivity contribution in [2.24, 2.45) is 0 Å². The van der Waals surface area contributed by atoms with E-state index in [9.17, 15) is 22.8 Å². The molecule has 0 aromatic heterocycles. The molecule has 9 heteroatoms. The van der Waals surface area contributed by atoms with Crippen molar-refractivity contribution in [3.8, 4) is 0 Å². The Balaban J connectivity index is 2.64. The summed E-state index contributed by atoms with van der Waals surface area (Å²) < 4.78 is 55.5. The predicted molar refractivity (Wildman–Crippen MR) is 62.0 cm³/mol. The van der Waals surface area contributed by atoms with Gasteiger partial charge in [0.1, 0.15) is 25.4 Å². The second-order valence-corrected chi connectivity index (χ2v) is 4.23. The zero-order valence-electron chi connectivity index (χ0n) is 11.4. The lowest BCUT2D eigenvalue weighted by atomic mass is 10.1. The molecular weight excluding hydrogens is 297 g/mol. The maximum absolute atomic E-state index is 12.1. The highest BCUT2D eigenvalue weighted by Crippen LogP contribution is 2.21. The van der Waals surface area contributed by atoms with E-state index < -0.39 is 43.2 Å². The minimum absolute atomic E-state index is 0.274. The smallest absolute Gasteiger partial charge is 0.411 e. The van der Waals surface area contributed by atoms with Gasteiger partial charge in [-0.3, -0.25) is 9.59 Å². The van der Waals surface area contributed by atoms with Gasteiger partial charge in [-0.1, -0.05) is 0 Å². The quantitative estimate of drug-likeness (QED) is 0.563. The average molecular weight is 312 g/mol. The predicted octanol–water partition coefficient (Wildman–Crippen LogP) is 1.34. The van der Waals surface area contributed by atoms with Crippen molar-refractivity contribution in [3.05, 3.63) is 12.2 Å². The fourth-order valence-electron chi connectivity index (χ4n) is 1.53. The van der Waals surface area contributed by atoms with Gasteiger partial charge in [0.15, 0.2) is 6.29 Å². The van der Waals surface area contributed by atoms with Gasteiger partial charge in [-0.05, 0) is 12.2 Å². The Labute approximate surface area is 118 Å². The number of halogens is 3. The molecule has 0 aliphatic carbocycles. The molecule has 3 atom stereocenters. The summed E-state index contributed by atoms with van der Waals surface area (Å²) >= 11 is 0. The number of rotatable bonds is 5. The topological polar surface area (TPSA) is 71.1 Å². The summed E-state index contributed by atoms with van der Waals surface area (Å²) in [5.41, 5.74) is 0. The molecule has 1 aliphatic rings. The van der Waals surface area contributed by atoms with Crippen LogP contribution in [0.1, 0.15) is 13.8 Å². The van der Waals surface area contributed by atoms with E-state index in [4.69, 9.17) is 14.2 Å². The van der Waals surface area contributed by atoms with Gasteiger partial charge in [-0.2, -0.15) is 13.2 Å². The number of ether oxygens (including phenoxy) is 4. The molecule has 0 amide bonds. The van der Waals surface area contributed by atoms with E-state index in [0.29, 0.717) is 0 Å². The Morgan fingerprint density at radius 3 is 2.38 bits per heavy atom. The lowest BCUT2D eigenvalue weighted by Gasteiger charge is -2.31. The van der Waals surface area contributed by atoms with Crippen LogP contribution in [0.15, 0.2) is 12.2 Å². The summed E-state index contributed by atoms with van der Waals surface area (Å²) in [6.45, 7) is 0.574. The van der Waals surface area contributed by atoms with Gasteiger partial charge in [0.25, 0.3) is 0 Å². The molecule has 0 aromatic carbocycles. The fraction of sp³-hybridized carbons (Fsp3) is 0.667. The minimum Gasteiger partial charge on any atom is -0.463 e. The summed E-state index contributed by atoms with van der Waals surface area (Å²) in [4.78, 5) is 21.7. The molecule has 0 N–H and O–H groups in total. The number of hydrogen-bond donors (Lipinski definition) is 0. The first kappa shape index (κ1) is 17.4. The van der Waals surface area contributed by atoms with Crippen molar-refractivity contribution in [3.63, 3.8) is 0 Å². The lowest BCUT2D eigenvalue weighted by molar-refractivity contribution is -0.240. The first-order chi connectivity index (χ1) is 9.67. The van der Waals surface area contributed by atoms with Crippen LogP contribution in [-0.4, -0.2) is 49.8 Å². The monoisotopic (exact) mass is 312 g/mol. The first-order valence-electron chi connectivity index (χ1n) is 6.00. The van der Waals surface area contributed by atoms with Crippen LogP contribution in [0.4, 0.5) is 13.2 Å². The van der Waals surface area contributed by atoms with Gasteiger partial charge in [0.2, 0.25) is 0 Å². The maximum atomic E-state index is 12.1. The van der Waals surface area contributed by atoms with Crippen LogP contribution in [0.25, 0.3) is 0 Å². The highest BCUT2D eigenvalue weighted by atomic mass is 19.4. The zero-order chi connectivity index (χ0) is 16.0. The molecule has 0 aromatic rings. The zero-order valence-corrected chi connectivity index (χ0v) is 11.4. The van der Waals surface area contributed by atoms with Crippen molar-refractivity contribution >= 4 is 11.9 Å². The number of carbonyl (C=O) groups excluding carboxylic acids is 2. The van der Waals surface area contributed by atoms with Crippen LogP contribution in [-0.2, 0) is 28.5 Å². The van der Waals surface area contributed by atoms with Gasteiger partial charge in [0.05, 0.1) is 0 Å². The molecule has 0 saturated carbocycles. The van der Waals surface area contributed by atoms with Crippen LogP contribution in [0.3, 0.4) is 0 Å². The molecular formula is C12H15F3O6. The third-order valence-electron chi connectivity index (χ3n) is 2.30. The molecule has 1 heterocycles. The molecule has 0 unspecified atom stereocenters. The third kappa shape index (κ3) is 7.09. The molecule has 0 saturated heterocycles. The molecule has 1 rings (SSSR count). The molecule has 21 heavy (non-hydrogen) atoms. The van der Waals surface area contributed by atoms with Gasteiger partial charge in [-0.25, -0.2) is 0 Å². The normalized spacial score (nSPS) is 25.5. The van der Waals surface area contributed by atoms with E-state index in [1.807, 2.05) is 0 Å². The van der Waals surface area contributed by atoms with Crippen molar-refractivity contribution in [1.82, 2.24) is 0 Å². The van der Waals surface area contributed by atoms with E-state index in [-0.39, 0.29) is 6.61 Å². The van der Waals surface area contributed by atoms with Crippen molar-refractivity contribution in [2.75, 3.05) is 13.2 Å². The molecule has 0 radical (unpaired) electrons. The van der Waals surface area contributed by atoms with E-state index >= 15 is 0 Å². The van der Waals surface area contributed by atoms with Crippen LogP contribution < -0.4 is 0 Å². The average Bonchev–Trinajstić information content (AvgIpc) is 2.34. The molecule has 0 spiro atoms. The Morgan fingerprint density at radius 1 is 1.19 bits per heavy atom. The minimum atomic E-state index is -4.49. The van der Waals surface area contributed by atoms with Crippen LogP contribution >= 0.6 is 0 Å². The van der Waals surface area contributed by atoms with E-state index in [1.54, 1.807) is 0 Å². The number of hydrogen-bond acceptors (Lipinski definition) is 6. The third-order valence-corrected chi connectivity index (χ3v) is 2.30. The van der Waals surface area contributed by atoms with Gasteiger partial charge in [0, 0.05) is 13.8 Å². The molecule has 0 fully saturated rings. The van der Waals surface area contributed by atoms with Crippen LogP contribution in [0.2, 0.25) is 0 Å². The Bertz CT molecular complexity index is 406. The maximum Gasteiger partial charge on any atom is 0.411 e. The summed E-state index contributed by atoms with van der Waals surface area (Å²) in [6.07, 6.45) is -5.04. The summed E-state index contributed by atoms with van der Waals surface area (Å²) in [7, 11) is 0. The standard InChI is InChI=1S/C12H15F3O6/c1-7(16)18-5-10-9(20-8(2)17)3-4-11(21-10)19-6-12(13,14)15/h3-4,9-11H,5-6H2,1-2H3/t9-,10+,11-/m0/s1. The summed E-state index contributed by atoms with van der Waals surface area (Å²) in [5, 5.41) is 0. The van der Waals surface area contributed by atoms with Crippen molar-refractivity contribution < 1.29 is 41.7 Å². The molecule has 1 aliphatic heterocycles. The van der Waals surface area contributed by atoms with Crippen LogP contribution in [0.5, 0.6) is 0 Å². The van der Waals surface area contributed by atoms with Crippen molar-refractivity contribution in [2.45, 2.75) is 38.5 Å². The highest BCUT2D eigenvalue weighted by Gasteiger charge is 2.34. The largest absolute Gasteiger partial charge is 0.463 e. The number of esters is 2. The Hall–Kier alpha value is -1.61. The van der Waals surface area contributed by atoms with Crippen molar-refractivity contribution in [1.29, 1.82) is 0 Å². The highest BCUT2D eigenvalue weighted by molar-refractivity contribution is 5.66. The van der Waals surface area contributed by atoms with Gasteiger partial charge >= 0.3 is 18.1 Å². The second-order valence-electron chi connectivity index (χ2n) is 4.23. The molecule has 6 nitrogen and oxygen atoms in total. The Morgan fingerprint density at radius 2 is 1.86 bits per heavy atom. The van der Waals surface area contributed by atoms with E-state index in [1.165, 1.54) is 19.1 Å². The van der Waals surface area contributed by atoms with E-state index in [2.05, 4.69) is 4.74 Å². The number of carbonyl (C=O) groups is 2. The lowest BCUT2D eigenvalue weighted by Crippen LogP contribution is -2.42. The first-order valence-corrected chi connectivity index (χ1v) is 6.00. The SMILES string of the molecule is CC(=O)OC[C@H]1O[C@H](OCC(F)(F)F)C=C[C@@H]1OC(C)=O. The summed E-state index contributed by atoms with van der Waals surface area (Å²) in [5.74, 6) is -1.20. The molecule has 0 bridgehead atoms. The van der Waals surface area contributed by atoms with E-state index in [0.717, 1.165) is 6.92 Å². The second kappa shape index (κ2) is 7.41. The van der Waals surface area contributed by atoms with Gasteiger partial charge in [-0.15, -0.1) is 0 Å². The fourth-order valence-corrected chi connectivity index (χ4v) is 1.53. The number of alkyl halides is 3. The Kier molecular flexibility index (Phi) is 6.16. The molecule has 120 valence electrons.